The molecule has 1 amide bonds. The molecule has 1 aromatic rings. The molecule has 2 N–H and O–H groups in total. The van der Waals surface area contributed by atoms with Crippen LogP contribution in [0.3, 0.4) is 0 Å². The van der Waals surface area contributed by atoms with Crippen LogP contribution < -0.4 is 5.73 Å². The number of carbonyl (C=O) groups excluding carboxylic acids is 1. The minimum absolute atomic E-state index is 0.370. The Balaban J connectivity index is 2.16. The minimum atomic E-state index is -0.370. The Kier molecular flexibility index (Phi) is 2.39. The van der Waals surface area contributed by atoms with Gasteiger partial charge in [0, 0.05) is 17.5 Å². The summed E-state index contributed by atoms with van der Waals surface area (Å²) in [5, 5.41) is 0. The van der Waals surface area contributed by atoms with Gasteiger partial charge in [-0.05, 0) is 36.5 Å². The van der Waals surface area contributed by atoms with Crippen LogP contribution in [0, 0.1) is 0 Å². The lowest BCUT2D eigenvalue weighted by Crippen LogP contribution is -2.19. The monoisotopic (exact) mass is 229 g/mol. The van der Waals surface area contributed by atoms with Crippen LogP contribution in [0.1, 0.15) is 47.2 Å². The topological polar surface area (TPSA) is 52.3 Å². The number of allylic oxidation sites excluding steroid dienone is 2. The average Bonchev–Trinajstić information content (AvgIpc) is 2.37. The third-order valence-electron chi connectivity index (χ3n) is 3.57. The summed E-state index contributed by atoms with van der Waals surface area (Å²) >= 11 is 0. The summed E-state index contributed by atoms with van der Waals surface area (Å²) in [5.74, 6) is 0.746. The number of ether oxygens (including phenoxy) is 1. The van der Waals surface area contributed by atoms with Gasteiger partial charge < -0.3 is 10.5 Å². The maximum Gasteiger partial charge on any atom is 0.249 e. The molecule has 0 aromatic heterocycles. The van der Waals surface area contributed by atoms with Gasteiger partial charge in [0.1, 0.15) is 12.4 Å². The Morgan fingerprint density at radius 3 is 2.88 bits per heavy atom. The molecule has 0 unspecified atom stereocenters. The Bertz CT molecular complexity index is 517. The summed E-state index contributed by atoms with van der Waals surface area (Å²) in [6.07, 6.45) is 4.46. The Hall–Kier alpha value is -1.77. The standard InChI is InChI=1S/C14H15NO2/c15-14(16)11-6-3-5-9-10-4-1-2-7-13(10)17-8-12(9)11/h3,5-6H,1-2,4,7-8H2,(H2,15,16). The van der Waals surface area contributed by atoms with Crippen LogP contribution in [0.2, 0.25) is 0 Å². The van der Waals surface area contributed by atoms with Crippen molar-refractivity contribution < 1.29 is 9.53 Å². The van der Waals surface area contributed by atoms with Crippen LogP contribution in [0.4, 0.5) is 0 Å². The molecule has 1 aliphatic heterocycles. The first kappa shape index (κ1) is 10.4. The summed E-state index contributed by atoms with van der Waals surface area (Å²) in [5.41, 5.74) is 9.40. The van der Waals surface area contributed by atoms with E-state index >= 15 is 0 Å². The van der Waals surface area contributed by atoms with Gasteiger partial charge in [-0.3, -0.25) is 4.79 Å². The lowest BCUT2D eigenvalue weighted by Gasteiger charge is -2.28. The molecule has 1 aromatic carbocycles. The van der Waals surface area contributed by atoms with Crippen LogP contribution in [-0.2, 0) is 11.3 Å². The highest BCUT2D eigenvalue weighted by Crippen LogP contribution is 2.39. The summed E-state index contributed by atoms with van der Waals surface area (Å²) in [7, 11) is 0. The van der Waals surface area contributed by atoms with Crippen molar-refractivity contribution in [2.24, 2.45) is 5.73 Å². The van der Waals surface area contributed by atoms with E-state index in [9.17, 15) is 4.79 Å². The number of fused-ring (bicyclic) bond motifs is 2. The molecule has 1 heterocycles. The van der Waals surface area contributed by atoms with Crippen molar-refractivity contribution in [2.75, 3.05) is 0 Å². The van der Waals surface area contributed by atoms with Gasteiger partial charge in [0.2, 0.25) is 5.91 Å². The summed E-state index contributed by atoms with van der Waals surface area (Å²) in [6, 6.07) is 5.76. The lowest BCUT2D eigenvalue weighted by molar-refractivity contribution is 0.0994. The van der Waals surface area contributed by atoms with Crippen molar-refractivity contribution in [2.45, 2.75) is 32.3 Å². The zero-order valence-electron chi connectivity index (χ0n) is 9.66. The Morgan fingerprint density at radius 2 is 2.06 bits per heavy atom. The molecule has 0 atom stereocenters. The van der Waals surface area contributed by atoms with Crippen molar-refractivity contribution in [1.29, 1.82) is 0 Å². The number of benzene rings is 1. The van der Waals surface area contributed by atoms with E-state index in [4.69, 9.17) is 10.5 Å². The molecule has 0 fully saturated rings. The molecule has 3 nitrogen and oxygen atoms in total. The molecular formula is C14H15NO2. The van der Waals surface area contributed by atoms with E-state index in [1.165, 1.54) is 24.0 Å². The second kappa shape index (κ2) is 3.91. The fourth-order valence-corrected chi connectivity index (χ4v) is 2.74. The smallest absolute Gasteiger partial charge is 0.249 e. The van der Waals surface area contributed by atoms with E-state index in [0.717, 1.165) is 24.2 Å². The van der Waals surface area contributed by atoms with Gasteiger partial charge >= 0.3 is 0 Å². The Morgan fingerprint density at radius 1 is 1.24 bits per heavy atom. The molecule has 17 heavy (non-hydrogen) atoms. The van der Waals surface area contributed by atoms with Crippen molar-refractivity contribution in [3.63, 3.8) is 0 Å². The molecule has 0 spiro atoms. The van der Waals surface area contributed by atoms with Crippen LogP contribution in [0.5, 0.6) is 0 Å². The number of amides is 1. The van der Waals surface area contributed by atoms with Crippen LogP contribution in [0.15, 0.2) is 24.0 Å². The molecule has 0 saturated carbocycles. The number of primary amides is 1. The fourth-order valence-electron chi connectivity index (χ4n) is 2.74. The highest BCUT2D eigenvalue weighted by molar-refractivity contribution is 5.96. The highest BCUT2D eigenvalue weighted by Gasteiger charge is 2.25. The van der Waals surface area contributed by atoms with E-state index in [0.29, 0.717) is 12.2 Å². The van der Waals surface area contributed by atoms with Gasteiger partial charge in [0.15, 0.2) is 0 Å². The number of hydrogen-bond donors (Lipinski definition) is 1. The van der Waals surface area contributed by atoms with Gasteiger partial charge in [-0.2, -0.15) is 0 Å². The second-order valence-corrected chi connectivity index (χ2v) is 4.59. The molecule has 88 valence electrons. The molecule has 0 radical (unpaired) electrons. The average molecular weight is 229 g/mol. The predicted octanol–water partition coefficient (Wildman–Crippen LogP) is 2.60. The maximum atomic E-state index is 11.4. The number of hydrogen-bond acceptors (Lipinski definition) is 2. The summed E-state index contributed by atoms with van der Waals surface area (Å²) in [6.45, 7) is 0.479. The molecule has 1 aliphatic carbocycles. The molecule has 3 rings (SSSR count). The quantitative estimate of drug-likeness (QED) is 0.804. The van der Waals surface area contributed by atoms with Crippen LogP contribution in [-0.4, -0.2) is 5.91 Å². The van der Waals surface area contributed by atoms with Gasteiger partial charge in [0.05, 0.1) is 0 Å². The van der Waals surface area contributed by atoms with Crippen molar-refractivity contribution in [3.05, 3.63) is 40.6 Å². The second-order valence-electron chi connectivity index (χ2n) is 4.59. The fraction of sp³-hybridized carbons (Fsp3) is 0.357. The minimum Gasteiger partial charge on any atom is -0.493 e. The van der Waals surface area contributed by atoms with Crippen LogP contribution in [0.25, 0.3) is 5.57 Å². The van der Waals surface area contributed by atoms with E-state index in [-0.39, 0.29) is 5.91 Å². The number of rotatable bonds is 1. The largest absolute Gasteiger partial charge is 0.493 e. The molecule has 3 heteroatoms. The Labute approximate surface area is 100 Å². The van der Waals surface area contributed by atoms with E-state index < -0.39 is 0 Å². The van der Waals surface area contributed by atoms with E-state index in [1.807, 2.05) is 6.07 Å². The third kappa shape index (κ3) is 1.62. The molecular weight excluding hydrogens is 214 g/mol. The van der Waals surface area contributed by atoms with Crippen molar-refractivity contribution >= 4 is 11.5 Å². The third-order valence-corrected chi connectivity index (χ3v) is 3.57. The normalized spacial score (nSPS) is 18.1. The van der Waals surface area contributed by atoms with E-state index in [2.05, 4.69) is 6.07 Å². The zero-order chi connectivity index (χ0) is 11.8. The maximum absolute atomic E-state index is 11.4. The highest BCUT2D eigenvalue weighted by atomic mass is 16.5. The summed E-state index contributed by atoms with van der Waals surface area (Å²) < 4.78 is 5.77. The zero-order valence-corrected chi connectivity index (χ0v) is 9.66. The van der Waals surface area contributed by atoms with Crippen molar-refractivity contribution in [1.82, 2.24) is 0 Å². The first-order chi connectivity index (χ1) is 8.27. The molecule has 2 aliphatic rings. The van der Waals surface area contributed by atoms with Gasteiger partial charge in [-0.1, -0.05) is 12.1 Å². The molecule has 0 bridgehead atoms. The first-order valence-electron chi connectivity index (χ1n) is 6.04. The van der Waals surface area contributed by atoms with Gasteiger partial charge in [-0.15, -0.1) is 0 Å². The molecule has 0 saturated heterocycles. The lowest BCUT2D eigenvalue weighted by atomic mass is 9.86. The first-order valence-corrected chi connectivity index (χ1v) is 6.04. The summed E-state index contributed by atoms with van der Waals surface area (Å²) in [4.78, 5) is 11.4. The van der Waals surface area contributed by atoms with Gasteiger partial charge in [0.25, 0.3) is 0 Å². The van der Waals surface area contributed by atoms with E-state index in [1.54, 1.807) is 6.07 Å². The van der Waals surface area contributed by atoms with Crippen molar-refractivity contribution in [3.8, 4) is 0 Å². The van der Waals surface area contributed by atoms with Crippen LogP contribution >= 0.6 is 0 Å². The number of nitrogens with two attached hydrogens (primary N) is 1. The SMILES string of the molecule is NC(=O)c1cccc2c1COC1=C2CCCC1. The number of carbonyl (C=O) groups is 1. The predicted molar refractivity (Wildman–Crippen MR) is 65.1 cm³/mol. The van der Waals surface area contributed by atoms with Gasteiger partial charge in [-0.25, -0.2) is 0 Å².